The number of hydrogen-bond acceptors (Lipinski definition) is 9. The third kappa shape index (κ3) is 12.2. The lowest BCUT2D eigenvalue weighted by Gasteiger charge is -2.25. The Labute approximate surface area is 201 Å². The number of nitrogens with two attached hydrogens (primary N) is 3. The average Bonchev–Trinajstić information content (AvgIpc) is 2.74. The summed E-state index contributed by atoms with van der Waals surface area (Å²) in [5.41, 5.74) is 16.1. The first kappa shape index (κ1) is 30.9. The van der Waals surface area contributed by atoms with Gasteiger partial charge in [0.05, 0.1) is 12.1 Å². The van der Waals surface area contributed by atoms with Gasteiger partial charge in [0.2, 0.25) is 17.7 Å². The lowest BCUT2D eigenvalue weighted by Crippen LogP contribution is -2.58. The van der Waals surface area contributed by atoms with Crippen LogP contribution in [-0.2, 0) is 24.0 Å². The molecule has 0 aromatic carbocycles. The minimum Gasteiger partial charge on any atom is -0.481 e. The van der Waals surface area contributed by atoms with Crippen LogP contribution >= 0.6 is 12.6 Å². The highest BCUT2D eigenvalue weighted by Gasteiger charge is 2.31. The molecule has 0 bridgehead atoms. The van der Waals surface area contributed by atoms with Crippen molar-refractivity contribution in [2.24, 2.45) is 22.2 Å². The number of aliphatic carboxylic acids is 2. The van der Waals surface area contributed by atoms with Crippen LogP contribution in [0.2, 0.25) is 0 Å². The van der Waals surface area contributed by atoms with E-state index in [4.69, 9.17) is 22.3 Å². The SMILES string of the molecule is CC(O)C(NC(=O)C(CCCN=C(N)N)NC(=O)C(CCC(=O)O)NC(=O)C(N)CS)C(=O)O. The van der Waals surface area contributed by atoms with E-state index in [1.54, 1.807) is 0 Å². The van der Waals surface area contributed by atoms with Crippen molar-refractivity contribution in [2.45, 2.75) is 62.9 Å². The van der Waals surface area contributed by atoms with Gasteiger partial charge in [0.1, 0.15) is 12.1 Å². The minimum atomic E-state index is -1.65. The molecule has 5 unspecified atom stereocenters. The second-order valence-electron chi connectivity index (χ2n) is 7.36. The van der Waals surface area contributed by atoms with E-state index < -0.39 is 66.4 Å². The molecule has 0 aliphatic carbocycles. The number of hydrogen-bond donors (Lipinski definition) is 10. The van der Waals surface area contributed by atoms with E-state index in [-0.39, 0.29) is 37.5 Å². The van der Waals surface area contributed by atoms with Gasteiger partial charge in [0.25, 0.3) is 0 Å². The molecule has 0 aliphatic heterocycles. The van der Waals surface area contributed by atoms with Crippen molar-refractivity contribution in [3.05, 3.63) is 0 Å². The fourth-order valence-corrected chi connectivity index (χ4v) is 2.75. The number of guanidine groups is 1. The van der Waals surface area contributed by atoms with Gasteiger partial charge in [-0.25, -0.2) is 4.79 Å². The maximum Gasteiger partial charge on any atom is 0.328 e. The van der Waals surface area contributed by atoms with Crippen molar-refractivity contribution in [1.29, 1.82) is 0 Å². The second-order valence-corrected chi connectivity index (χ2v) is 7.72. The number of carboxylic acids is 2. The lowest BCUT2D eigenvalue weighted by molar-refractivity contribution is -0.145. The van der Waals surface area contributed by atoms with Gasteiger partial charge < -0.3 is 48.5 Å². The molecular weight excluding hydrogens is 474 g/mol. The number of amides is 3. The lowest BCUT2D eigenvalue weighted by atomic mass is 10.1. The Hall–Kier alpha value is -3.11. The van der Waals surface area contributed by atoms with Crippen molar-refractivity contribution in [2.75, 3.05) is 12.3 Å². The van der Waals surface area contributed by atoms with Crippen molar-refractivity contribution in [3.63, 3.8) is 0 Å². The first-order chi connectivity index (χ1) is 15.8. The molecule has 16 heteroatoms. The smallest absolute Gasteiger partial charge is 0.328 e. The summed E-state index contributed by atoms with van der Waals surface area (Å²) in [4.78, 5) is 63.6. The molecule has 15 nitrogen and oxygen atoms in total. The van der Waals surface area contributed by atoms with Crippen molar-refractivity contribution in [3.8, 4) is 0 Å². The van der Waals surface area contributed by atoms with Crippen molar-refractivity contribution in [1.82, 2.24) is 16.0 Å². The van der Waals surface area contributed by atoms with Gasteiger partial charge in [-0.2, -0.15) is 12.6 Å². The molecule has 0 aliphatic rings. The van der Waals surface area contributed by atoms with Crippen LogP contribution < -0.4 is 33.2 Å². The maximum atomic E-state index is 12.8. The third-order valence-electron chi connectivity index (χ3n) is 4.44. The van der Waals surface area contributed by atoms with Crippen LogP contribution in [0.4, 0.5) is 0 Å². The van der Waals surface area contributed by atoms with Crippen molar-refractivity contribution < 1.29 is 39.3 Å². The van der Waals surface area contributed by atoms with E-state index in [1.807, 2.05) is 0 Å². The maximum absolute atomic E-state index is 12.8. The molecule has 0 heterocycles. The van der Waals surface area contributed by atoms with E-state index >= 15 is 0 Å². The van der Waals surface area contributed by atoms with Gasteiger partial charge in [-0.3, -0.25) is 24.2 Å². The summed E-state index contributed by atoms with van der Waals surface area (Å²) in [6, 6.07) is -5.38. The fourth-order valence-electron chi connectivity index (χ4n) is 2.59. The summed E-state index contributed by atoms with van der Waals surface area (Å²) < 4.78 is 0. The fraction of sp³-hybridized carbons (Fsp3) is 0.667. The number of aliphatic hydroxyl groups excluding tert-OH is 1. The summed E-state index contributed by atoms with van der Waals surface area (Å²) in [7, 11) is 0. The van der Waals surface area contributed by atoms with Crippen LogP contribution in [0.1, 0.15) is 32.6 Å². The quantitative estimate of drug-likeness (QED) is 0.0417. The van der Waals surface area contributed by atoms with Crippen LogP contribution in [0.3, 0.4) is 0 Å². The number of carbonyl (C=O) groups excluding carboxylic acids is 3. The molecule has 0 spiro atoms. The molecule has 12 N–H and O–H groups in total. The Morgan fingerprint density at radius 2 is 1.47 bits per heavy atom. The number of aliphatic imine (C=N–C) groups is 1. The van der Waals surface area contributed by atoms with Gasteiger partial charge in [-0.1, -0.05) is 0 Å². The zero-order valence-corrected chi connectivity index (χ0v) is 19.5. The Kier molecular flexibility index (Phi) is 14.2. The molecule has 34 heavy (non-hydrogen) atoms. The number of nitrogens with zero attached hydrogens (tertiary/aromatic N) is 1. The van der Waals surface area contributed by atoms with E-state index in [9.17, 15) is 34.2 Å². The zero-order valence-electron chi connectivity index (χ0n) is 18.6. The zero-order chi connectivity index (χ0) is 26.4. The highest BCUT2D eigenvalue weighted by Crippen LogP contribution is 2.05. The number of nitrogens with one attached hydrogen (secondary N) is 3. The monoisotopic (exact) mass is 507 g/mol. The summed E-state index contributed by atoms with van der Waals surface area (Å²) >= 11 is 3.89. The Morgan fingerprint density at radius 1 is 0.941 bits per heavy atom. The predicted molar refractivity (Wildman–Crippen MR) is 124 cm³/mol. The minimum absolute atomic E-state index is 0.0369. The number of aliphatic hydroxyl groups is 1. The molecular formula is C18H33N7O8S. The Bertz CT molecular complexity index is 761. The predicted octanol–water partition coefficient (Wildman–Crippen LogP) is -3.92. The molecule has 0 aromatic heterocycles. The van der Waals surface area contributed by atoms with Crippen LogP contribution in [0.25, 0.3) is 0 Å². The first-order valence-electron chi connectivity index (χ1n) is 10.3. The standard InChI is InChI=1S/C18H33N7O8S/c1-8(26)13(17(32)33)25-16(31)10(3-2-6-22-18(20)21)24-15(30)11(4-5-12(27)28)23-14(29)9(19)7-34/h8-11,13,26,34H,2-7,19H2,1H3,(H,23,29)(H,24,30)(H,25,31)(H,27,28)(H,32,33)(H4,20,21,22). The normalized spacial score (nSPS) is 15.1. The average molecular weight is 508 g/mol. The second kappa shape index (κ2) is 15.7. The molecule has 194 valence electrons. The van der Waals surface area contributed by atoms with E-state index in [0.717, 1.165) is 6.92 Å². The largest absolute Gasteiger partial charge is 0.481 e. The number of thiol groups is 1. The number of rotatable bonds is 16. The van der Waals surface area contributed by atoms with Gasteiger partial charge in [-0.15, -0.1) is 0 Å². The molecule has 0 fully saturated rings. The van der Waals surface area contributed by atoms with Crippen LogP contribution in [-0.4, -0.2) is 93.5 Å². The topological polar surface area (TPSA) is 273 Å². The molecule has 0 aromatic rings. The Morgan fingerprint density at radius 3 is 1.94 bits per heavy atom. The number of carbonyl (C=O) groups is 5. The molecule has 0 saturated carbocycles. The van der Waals surface area contributed by atoms with Gasteiger partial charge in [0.15, 0.2) is 12.0 Å². The van der Waals surface area contributed by atoms with E-state index in [1.165, 1.54) is 0 Å². The molecule has 5 atom stereocenters. The molecule has 0 saturated heterocycles. The van der Waals surface area contributed by atoms with E-state index in [2.05, 4.69) is 33.6 Å². The summed E-state index contributed by atoms with van der Waals surface area (Å²) in [5.74, 6) is -5.53. The van der Waals surface area contributed by atoms with Gasteiger partial charge in [-0.05, 0) is 26.2 Å². The van der Waals surface area contributed by atoms with Crippen molar-refractivity contribution >= 4 is 48.2 Å². The summed E-state index contributed by atoms with van der Waals surface area (Å²) in [5, 5.41) is 34.5. The van der Waals surface area contributed by atoms with Gasteiger partial charge >= 0.3 is 11.9 Å². The van der Waals surface area contributed by atoms with Crippen LogP contribution in [0, 0.1) is 0 Å². The number of carboxylic acid groups (broad SMARTS) is 2. The first-order valence-corrected chi connectivity index (χ1v) is 10.9. The Balaban J connectivity index is 5.62. The molecule has 0 rings (SSSR count). The van der Waals surface area contributed by atoms with E-state index in [0.29, 0.717) is 0 Å². The van der Waals surface area contributed by atoms with Gasteiger partial charge in [0, 0.05) is 18.7 Å². The highest BCUT2D eigenvalue weighted by molar-refractivity contribution is 7.80. The summed E-state index contributed by atoms with van der Waals surface area (Å²) in [6.07, 6.45) is -2.07. The van der Waals surface area contributed by atoms with Crippen LogP contribution in [0.15, 0.2) is 4.99 Å². The highest BCUT2D eigenvalue weighted by atomic mass is 32.1. The summed E-state index contributed by atoms with van der Waals surface area (Å²) in [6.45, 7) is 1.25. The molecule has 3 amide bonds. The third-order valence-corrected chi connectivity index (χ3v) is 4.83. The molecule has 0 radical (unpaired) electrons. The van der Waals surface area contributed by atoms with Crippen LogP contribution in [0.5, 0.6) is 0 Å².